The zero-order valence-electron chi connectivity index (χ0n) is 11.2. The smallest absolute Gasteiger partial charge is 0.0371 e. The molecule has 0 bridgehead atoms. The van der Waals surface area contributed by atoms with Gasteiger partial charge < -0.3 is 5.32 Å². The number of halogens is 3. The van der Waals surface area contributed by atoms with Gasteiger partial charge in [0, 0.05) is 18.6 Å². The number of nitrogens with one attached hydrogen (secondary N) is 1. The highest BCUT2D eigenvalue weighted by Gasteiger charge is 2.14. The third kappa shape index (κ3) is 4.55. The van der Waals surface area contributed by atoms with Crippen LogP contribution in [0.1, 0.15) is 24.1 Å². The molecular weight excluding hydrogens is 493 g/mol. The lowest BCUT2D eigenvalue weighted by Gasteiger charge is -2.20. The molecule has 1 atom stereocenters. The molecule has 2 aromatic carbocycles. The topological polar surface area (TPSA) is 12.0 Å². The van der Waals surface area contributed by atoms with E-state index in [0.717, 1.165) is 21.9 Å². The Morgan fingerprint density at radius 1 is 1.10 bits per heavy atom. The maximum absolute atomic E-state index is 3.59. The minimum atomic E-state index is 0.332. The minimum Gasteiger partial charge on any atom is -0.310 e. The summed E-state index contributed by atoms with van der Waals surface area (Å²) in [4.78, 5) is 0. The van der Waals surface area contributed by atoms with Crippen LogP contribution in [0.15, 0.2) is 51.4 Å². The molecule has 1 nitrogen and oxygen atoms in total. The lowest BCUT2D eigenvalue weighted by atomic mass is 9.99. The highest BCUT2D eigenvalue weighted by molar-refractivity contribution is 14.1. The number of hydrogen-bond acceptors (Lipinski definition) is 1. The van der Waals surface area contributed by atoms with Crippen LogP contribution in [0, 0.1) is 3.57 Å². The van der Waals surface area contributed by atoms with Crippen molar-refractivity contribution in [1.29, 1.82) is 0 Å². The van der Waals surface area contributed by atoms with E-state index in [9.17, 15) is 0 Å². The predicted molar refractivity (Wildman–Crippen MR) is 101 cm³/mol. The number of rotatable bonds is 5. The van der Waals surface area contributed by atoms with Crippen molar-refractivity contribution in [3.8, 4) is 0 Å². The van der Waals surface area contributed by atoms with Crippen LogP contribution in [0.3, 0.4) is 0 Å². The fourth-order valence-corrected chi connectivity index (χ4v) is 3.76. The fraction of sp³-hybridized carbons (Fsp3) is 0.250. The van der Waals surface area contributed by atoms with E-state index in [4.69, 9.17) is 0 Å². The summed E-state index contributed by atoms with van der Waals surface area (Å²) in [6, 6.07) is 15.3. The molecule has 2 rings (SSSR count). The number of likely N-dealkylation sites (N-methyl/N-ethyl adjacent to an activating group) is 1. The molecule has 106 valence electrons. The molecule has 0 fully saturated rings. The van der Waals surface area contributed by atoms with Crippen LogP contribution in [0.5, 0.6) is 0 Å². The van der Waals surface area contributed by atoms with Crippen LogP contribution in [-0.4, -0.2) is 6.54 Å². The van der Waals surface area contributed by atoms with Gasteiger partial charge >= 0.3 is 0 Å². The molecule has 0 aliphatic carbocycles. The first kappa shape index (κ1) is 16.5. The van der Waals surface area contributed by atoms with Gasteiger partial charge in [-0.15, -0.1) is 0 Å². The largest absolute Gasteiger partial charge is 0.310 e. The predicted octanol–water partition coefficient (Wildman–Crippen LogP) is 5.71. The Hall–Kier alpha value is 0.0900. The van der Waals surface area contributed by atoms with E-state index in [2.05, 4.69) is 109 Å². The third-order valence-corrected chi connectivity index (χ3v) is 5.08. The Kier molecular flexibility index (Phi) is 6.52. The van der Waals surface area contributed by atoms with E-state index >= 15 is 0 Å². The van der Waals surface area contributed by atoms with E-state index < -0.39 is 0 Å². The molecule has 20 heavy (non-hydrogen) atoms. The van der Waals surface area contributed by atoms with Gasteiger partial charge in [-0.3, -0.25) is 0 Å². The van der Waals surface area contributed by atoms with Crippen molar-refractivity contribution in [1.82, 2.24) is 5.32 Å². The summed E-state index contributed by atoms with van der Waals surface area (Å²) >= 11 is 9.53. The van der Waals surface area contributed by atoms with Crippen LogP contribution < -0.4 is 5.32 Å². The molecule has 0 saturated heterocycles. The zero-order valence-corrected chi connectivity index (χ0v) is 16.5. The van der Waals surface area contributed by atoms with E-state index in [1.54, 1.807) is 0 Å². The normalized spacial score (nSPS) is 12.4. The van der Waals surface area contributed by atoms with Gasteiger partial charge in [0.25, 0.3) is 0 Å². The molecule has 0 heterocycles. The molecule has 0 spiro atoms. The van der Waals surface area contributed by atoms with Crippen LogP contribution in [0.25, 0.3) is 0 Å². The molecule has 0 saturated carbocycles. The molecule has 0 aromatic heterocycles. The van der Waals surface area contributed by atoms with Crippen LogP contribution >= 0.6 is 54.5 Å². The first-order chi connectivity index (χ1) is 9.60. The van der Waals surface area contributed by atoms with Crippen molar-refractivity contribution in [3.63, 3.8) is 0 Å². The van der Waals surface area contributed by atoms with Crippen LogP contribution in [0.4, 0.5) is 0 Å². The van der Waals surface area contributed by atoms with Crippen molar-refractivity contribution >= 4 is 54.5 Å². The Morgan fingerprint density at radius 2 is 1.85 bits per heavy atom. The number of benzene rings is 2. The molecule has 1 N–H and O–H groups in total. The molecule has 2 aromatic rings. The van der Waals surface area contributed by atoms with E-state index in [0.29, 0.717) is 6.04 Å². The second-order valence-corrected chi connectivity index (χ2v) is 7.60. The quantitative estimate of drug-likeness (QED) is 0.510. The van der Waals surface area contributed by atoms with E-state index in [-0.39, 0.29) is 0 Å². The van der Waals surface area contributed by atoms with Gasteiger partial charge in [-0.05, 0) is 77.0 Å². The average Bonchev–Trinajstić information content (AvgIpc) is 2.41. The highest BCUT2D eigenvalue weighted by Crippen LogP contribution is 2.27. The van der Waals surface area contributed by atoms with Gasteiger partial charge in [-0.25, -0.2) is 0 Å². The van der Waals surface area contributed by atoms with Gasteiger partial charge in [0.05, 0.1) is 0 Å². The molecule has 0 radical (unpaired) electrons. The first-order valence-corrected chi connectivity index (χ1v) is 9.19. The Labute approximate surface area is 150 Å². The minimum absolute atomic E-state index is 0.332. The maximum atomic E-state index is 3.59. The molecule has 4 heteroatoms. The lowest BCUT2D eigenvalue weighted by Crippen LogP contribution is -2.23. The number of hydrogen-bond donors (Lipinski definition) is 1. The van der Waals surface area contributed by atoms with Crippen molar-refractivity contribution in [3.05, 3.63) is 66.1 Å². The summed E-state index contributed by atoms with van der Waals surface area (Å²) in [7, 11) is 0. The monoisotopic (exact) mass is 507 g/mol. The SMILES string of the molecule is CCNC(Cc1cccc(Br)c1)c1cc(Br)ccc1I. The second-order valence-electron chi connectivity index (χ2n) is 4.61. The van der Waals surface area contributed by atoms with Gasteiger partial charge in [0.1, 0.15) is 0 Å². The van der Waals surface area contributed by atoms with Gasteiger partial charge in [0.15, 0.2) is 0 Å². The van der Waals surface area contributed by atoms with Crippen molar-refractivity contribution in [2.75, 3.05) is 6.54 Å². The molecule has 0 amide bonds. The summed E-state index contributed by atoms with van der Waals surface area (Å²) < 4.78 is 3.56. The fourth-order valence-electron chi connectivity index (χ4n) is 2.22. The van der Waals surface area contributed by atoms with Gasteiger partial charge in [-0.1, -0.05) is 50.9 Å². The summed E-state index contributed by atoms with van der Waals surface area (Å²) in [5.74, 6) is 0. The van der Waals surface area contributed by atoms with Crippen LogP contribution in [-0.2, 0) is 6.42 Å². The lowest BCUT2D eigenvalue weighted by molar-refractivity contribution is 0.547. The summed E-state index contributed by atoms with van der Waals surface area (Å²) in [6.45, 7) is 3.11. The molecule has 1 unspecified atom stereocenters. The van der Waals surface area contributed by atoms with Gasteiger partial charge in [0.2, 0.25) is 0 Å². The van der Waals surface area contributed by atoms with Crippen LogP contribution in [0.2, 0.25) is 0 Å². The first-order valence-electron chi connectivity index (χ1n) is 6.53. The Balaban J connectivity index is 2.29. The molecule has 0 aliphatic heterocycles. The standard InChI is InChI=1S/C16H16Br2IN/c1-2-20-16(9-11-4-3-5-12(17)8-11)14-10-13(18)6-7-15(14)19/h3-8,10,16,20H,2,9H2,1H3. The van der Waals surface area contributed by atoms with Gasteiger partial charge in [-0.2, -0.15) is 0 Å². The van der Waals surface area contributed by atoms with E-state index in [1.165, 1.54) is 14.7 Å². The molecule has 0 aliphatic rings. The second kappa shape index (κ2) is 7.92. The summed E-state index contributed by atoms with van der Waals surface area (Å²) in [6.07, 6.45) is 0.986. The summed E-state index contributed by atoms with van der Waals surface area (Å²) in [5.41, 5.74) is 2.68. The molecular formula is C16H16Br2IN. The van der Waals surface area contributed by atoms with Crippen molar-refractivity contribution in [2.24, 2.45) is 0 Å². The van der Waals surface area contributed by atoms with E-state index in [1.807, 2.05) is 0 Å². The third-order valence-electron chi connectivity index (χ3n) is 3.11. The maximum Gasteiger partial charge on any atom is 0.0371 e. The Morgan fingerprint density at radius 3 is 2.55 bits per heavy atom. The Bertz CT molecular complexity index is 586. The zero-order chi connectivity index (χ0) is 14.5. The summed E-state index contributed by atoms with van der Waals surface area (Å²) in [5, 5.41) is 3.59. The van der Waals surface area contributed by atoms with Crippen molar-refractivity contribution < 1.29 is 0 Å². The average molecular weight is 509 g/mol. The highest BCUT2D eigenvalue weighted by atomic mass is 127. The van der Waals surface area contributed by atoms with Crippen molar-refractivity contribution in [2.45, 2.75) is 19.4 Å².